The van der Waals surface area contributed by atoms with Crippen LogP contribution < -0.4 is 20.8 Å². The number of nitriles is 1. The van der Waals surface area contributed by atoms with Crippen LogP contribution in [0.25, 0.3) is 10.9 Å². The van der Waals surface area contributed by atoms with Crippen molar-refractivity contribution in [3.63, 3.8) is 0 Å². The lowest BCUT2D eigenvalue weighted by atomic mass is 10.0. The maximum Gasteiger partial charge on any atom is 0.196 e. The van der Waals surface area contributed by atoms with E-state index in [9.17, 15) is 15.2 Å². The SMILES string of the molecule is COc1c(N2CCC[C@H](N)C2)c(F)cc2c(=O)c3c(n(C4CC4)c12)SC(C#N)C3O. The number of halogens is 1. The van der Waals surface area contributed by atoms with Gasteiger partial charge in [-0.3, -0.25) is 4.79 Å². The van der Waals surface area contributed by atoms with Crippen LogP contribution in [0.3, 0.4) is 0 Å². The van der Waals surface area contributed by atoms with E-state index in [-0.39, 0.29) is 23.0 Å². The normalized spacial score (nSPS) is 26.0. The number of benzene rings is 1. The number of hydrogen-bond acceptors (Lipinski definition) is 7. The van der Waals surface area contributed by atoms with E-state index < -0.39 is 22.6 Å². The van der Waals surface area contributed by atoms with Crippen LogP contribution in [0.2, 0.25) is 0 Å². The second kappa shape index (κ2) is 7.15. The fraction of sp³-hybridized carbons (Fsp3) is 0.524. The average molecular weight is 431 g/mol. The Bertz CT molecular complexity index is 1140. The van der Waals surface area contributed by atoms with Gasteiger partial charge in [0.25, 0.3) is 0 Å². The number of nitrogens with two attached hydrogens (primary N) is 1. The molecule has 3 atom stereocenters. The van der Waals surface area contributed by atoms with Crippen LogP contribution in [0, 0.1) is 17.1 Å². The number of piperidine rings is 1. The molecule has 3 heterocycles. The second-order valence-corrected chi connectivity index (χ2v) is 9.38. The van der Waals surface area contributed by atoms with Gasteiger partial charge in [-0.15, -0.1) is 0 Å². The fourth-order valence-corrected chi connectivity index (χ4v) is 5.94. The lowest BCUT2D eigenvalue weighted by molar-refractivity contribution is 0.188. The van der Waals surface area contributed by atoms with E-state index in [2.05, 4.69) is 6.07 Å². The molecular weight excluding hydrogens is 407 g/mol. The van der Waals surface area contributed by atoms with Gasteiger partial charge in [0.2, 0.25) is 0 Å². The highest BCUT2D eigenvalue weighted by molar-refractivity contribution is 8.00. The van der Waals surface area contributed by atoms with Crippen LogP contribution in [0.15, 0.2) is 15.9 Å². The lowest BCUT2D eigenvalue weighted by Crippen LogP contribution is -2.43. The fourth-order valence-electron chi connectivity index (χ4n) is 4.69. The highest BCUT2D eigenvalue weighted by atomic mass is 32.2. The molecule has 0 amide bonds. The number of rotatable bonds is 3. The number of nitrogens with zero attached hydrogens (tertiary/aromatic N) is 3. The van der Waals surface area contributed by atoms with Crippen molar-refractivity contribution in [3.05, 3.63) is 27.7 Å². The van der Waals surface area contributed by atoms with Gasteiger partial charge < -0.3 is 25.0 Å². The minimum Gasteiger partial charge on any atom is -0.492 e. The Morgan fingerprint density at radius 1 is 1.40 bits per heavy atom. The monoisotopic (exact) mass is 430 g/mol. The maximum absolute atomic E-state index is 15.4. The van der Waals surface area contributed by atoms with Crippen LogP contribution in [0.1, 0.15) is 43.4 Å². The van der Waals surface area contributed by atoms with Crippen molar-refractivity contribution in [2.75, 3.05) is 25.1 Å². The molecule has 2 unspecified atom stereocenters. The standard InChI is InChI=1S/C21H23FN4O3S/c1-29-20-16-12(7-13(22)17(20)25-6-2-3-10(24)9-25)18(27)15-19(28)14(8-23)30-21(15)26(16)11-4-5-11/h7,10-11,14,19,28H,2-6,9,24H2,1H3/t10-,14?,19?/m0/s1. The predicted molar refractivity (Wildman–Crippen MR) is 113 cm³/mol. The van der Waals surface area contributed by atoms with Crippen LogP contribution in [-0.4, -0.2) is 41.2 Å². The van der Waals surface area contributed by atoms with Gasteiger partial charge in [-0.2, -0.15) is 5.26 Å². The van der Waals surface area contributed by atoms with E-state index in [0.717, 1.165) is 25.7 Å². The summed E-state index contributed by atoms with van der Waals surface area (Å²) < 4.78 is 23.1. The van der Waals surface area contributed by atoms with Crippen molar-refractivity contribution >= 4 is 28.4 Å². The minimum absolute atomic E-state index is 0.0497. The Hall–Kier alpha value is -2.28. The summed E-state index contributed by atoms with van der Waals surface area (Å²) in [5, 5.41) is 20.0. The molecule has 0 radical (unpaired) electrons. The smallest absolute Gasteiger partial charge is 0.196 e. The number of ether oxygens (including phenoxy) is 1. The number of hydrogen-bond donors (Lipinski definition) is 2. The van der Waals surface area contributed by atoms with Crippen molar-refractivity contribution in [2.24, 2.45) is 5.73 Å². The topological polar surface area (TPSA) is 105 Å². The van der Waals surface area contributed by atoms with Crippen molar-refractivity contribution in [1.29, 1.82) is 5.26 Å². The zero-order chi connectivity index (χ0) is 21.2. The molecule has 1 aromatic carbocycles. The average Bonchev–Trinajstić information content (AvgIpc) is 3.50. The van der Waals surface area contributed by atoms with Crippen molar-refractivity contribution in [2.45, 2.75) is 54.1 Å². The Balaban J connectivity index is 1.84. The Morgan fingerprint density at radius 3 is 2.80 bits per heavy atom. The molecule has 158 valence electrons. The number of thioether (sulfide) groups is 1. The maximum atomic E-state index is 15.4. The summed E-state index contributed by atoms with van der Waals surface area (Å²) in [6.07, 6.45) is 2.39. The number of pyridine rings is 1. The van der Waals surface area contributed by atoms with Gasteiger partial charge in [-0.25, -0.2) is 4.39 Å². The third kappa shape index (κ3) is 2.82. The van der Waals surface area contributed by atoms with Gasteiger partial charge in [-0.05, 0) is 31.7 Å². The van der Waals surface area contributed by atoms with E-state index in [1.807, 2.05) is 9.47 Å². The molecule has 9 heteroatoms. The molecule has 1 aliphatic carbocycles. The first-order chi connectivity index (χ1) is 14.5. The summed E-state index contributed by atoms with van der Waals surface area (Å²) in [5.74, 6) is -0.216. The summed E-state index contributed by atoms with van der Waals surface area (Å²) in [6.45, 7) is 1.18. The van der Waals surface area contributed by atoms with E-state index in [1.165, 1.54) is 24.9 Å². The number of methoxy groups -OCH3 is 1. The lowest BCUT2D eigenvalue weighted by Gasteiger charge is -2.34. The van der Waals surface area contributed by atoms with Crippen LogP contribution in [-0.2, 0) is 0 Å². The molecule has 1 saturated heterocycles. The van der Waals surface area contributed by atoms with Crippen LogP contribution in [0.4, 0.5) is 10.1 Å². The Labute approximate surface area is 177 Å². The number of fused-ring (bicyclic) bond motifs is 2. The molecule has 7 nitrogen and oxygen atoms in total. The summed E-state index contributed by atoms with van der Waals surface area (Å²) in [6, 6.07) is 3.41. The first-order valence-electron chi connectivity index (χ1n) is 10.2. The summed E-state index contributed by atoms with van der Waals surface area (Å²) in [5.41, 5.74) is 6.75. The molecule has 30 heavy (non-hydrogen) atoms. The Morgan fingerprint density at radius 2 is 2.17 bits per heavy atom. The molecule has 0 spiro atoms. The third-order valence-electron chi connectivity index (χ3n) is 6.20. The van der Waals surface area contributed by atoms with Crippen molar-refractivity contribution in [3.8, 4) is 11.8 Å². The van der Waals surface area contributed by atoms with Crippen molar-refractivity contribution < 1.29 is 14.2 Å². The zero-order valence-electron chi connectivity index (χ0n) is 16.6. The highest BCUT2D eigenvalue weighted by Crippen LogP contribution is 2.51. The van der Waals surface area contributed by atoms with Crippen LogP contribution >= 0.6 is 11.8 Å². The molecule has 2 aliphatic heterocycles. The van der Waals surface area contributed by atoms with Gasteiger partial charge in [0.1, 0.15) is 17.0 Å². The molecule has 1 aromatic heterocycles. The molecule has 1 saturated carbocycles. The number of aliphatic hydroxyl groups is 1. The molecule has 0 bridgehead atoms. The Kier molecular flexibility index (Phi) is 4.69. The minimum atomic E-state index is -1.19. The van der Waals surface area contributed by atoms with Gasteiger partial charge in [0.05, 0.1) is 34.7 Å². The molecule has 2 aromatic rings. The van der Waals surface area contributed by atoms with E-state index in [0.29, 0.717) is 35.1 Å². The molecule has 3 aliphatic rings. The summed E-state index contributed by atoms with van der Waals surface area (Å²) >= 11 is 1.20. The summed E-state index contributed by atoms with van der Waals surface area (Å²) in [4.78, 5) is 15.2. The quantitative estimate of drug-likeness (QED) is 0.771. The molecule has 3 N–H and O–H groups in total. The van der Waals surface area contributed by atoms with E-state index >= 15 is 4.39 Å². The summed E-state index contributed by atoms with van der Waals surface area (Å²) in [7, 11) is 1.48. The highest BCUT2D eigenvalue weighted by Gasteiger charge is 2.41. The van der Waals surface area contributed by atoms with E-state index in [4.69, 9.17) is 10.5 Å². The number of aliphatic hydroxyl groups excluding tert-OH is 1. The first kappa shape index (κ1) is 19.7. The largest absolute Gasteiger partial charge is 0.492 e. The molecule has 2 fully saturated rings. The van der Waals surface area contributed by atoms with Gasteiger partial charge in [-0.1, -0.05) is 11.8 Å². The van der Waals surface area contributed by atoms with Gasteiger partial charge >= 0.3 is 0 Å². The first-order valence-corrected chi connectivity index (χ1v) is 11.1. The number of aromatic nitrogens is 1. The van der Waals surface area contributed by atoms with Gasteiger partial charge in [0.15, 0.2) is 17.0 Å². The van der Waals surface area contributed by atoms with Gasteiger partial charge in [0, 0.05) is 25.2 Å². The van der Waals surface area contributed by atoms with Crippen LogP contribution in [0.5, 0.6) is 5.75 Å². The van der Waals surface area contributed by atoms with Crippen molar-refractivity contribution in [1.82, 2.24) is 4.57 Å². The second-order valence-electron chi connectivity index (χ2n) is 8.25. The van der Waals surface area contributed by atoms with E-state index in [1.54, 1.807) is 0 Å². The third-order valence-corrected chi connectivity index (χ3v) is 7.46. The number of anilines is 1. The predicted octanol–water partition coefficient (Wildman–Crippen LogP) is 2.44. The molecule has 5 rings (SSSR count). The zero-order valence-corrected chi connectivity index (χ0v) is 17.4. The molecular formula is C21H23FN4O3S.